The fourth-order valence-electron chi connectivity index (χ4n) is 2.12. The van der Waals surface area contributed by atoms with Crippen molar-refractivity contribution in [2.75, 3.05) is 0 Å². The lowest BCUT2D eigenvalue weighted by Gasteiger charge is -2.09. The van der Waals surface area contributed by atoms with E-state index in [0.29, 0.717) is 17.0 Å². The van der Waals surface area contributed by atoms with Gasteiger partial charge in [0.25, 0.3) is 0 Å². The molecule has 4 nitrogen and oxygen atoms in total. The zero-order chi connectivity index (χ0) is 14.3. The quantitative estimate of drug-likeness (QED) is 0.693. The Hall–Kier alpha value is -1.95. The molecular formula is C13H10ClF2N3O. The summed E-state index contributed by atoms with van der Waals surface area (Å²) in [5, 5.41) is 3.32. The number of rotatable bonds is 3. The van der Waals surface area contributed by atoms with Gasteiger partial charge in [-0.1, -0.05) is 5.16 Å². The molecule has 20 heavy (non-hydrogen) atoms. The van der Waals surface area contributed by atoms with Gasteiger partial charge in [-0.15, -0.1) is 11.6 Å². The molecule has 104 valence electrons. The summed E-state index contributed by atoms with van der Waals surface area (Å²) in [6.45, 7) is 1.93. The molecule has 0 aliphatic heterocycles. The predicted octanol–water partition coefficient (Wildman–Crippen LogP) is 3.65. The molecule has 0 aliphatic carbocycles. The third-order valence-electron chi connectivity index (χ3n) is 3.00. The monoisotopic (exact) mass is 297 g/mol. The van der Waals surface area contributed by atoms with E-state index >= 15 is 0 Å². The number of halogens is 3. The van der Waals surface area contributed by atoms with Crippen LogP contribution in [0.3, 0.4) is 0 Å². The maximum absolute atomic E-state index is 14.0. The number of nitrogens with zero attached hydrogens (tertiary/aromatic N) is 3. The Labute approximate surface area is 118 Å². The van der Waals surface area contributed by atoms with E-state index in [0.717, 1.165) is 6.07 Å². The van der Waals surface area contributed by atoms with Gasteiger partial charge in [-0.25, -0.2) is 13.8 Å². The van der Waals surface area contributed by atoms with Gasteiger partial charge in [0, 0.05) is 6.07 Å². The summed E-state index contributed by atoms with van der Waals surface area (Å²) in [5.41, 5.74) is 1.01. The highest BCUT2D eigenvalue weighted by Crippen LogP contribution is 2.28. The number of imidazole rings is 1. The summed E-state index contributed by atoms with van der Waals surface area (Å²) < 4.78 is 33.7. The fourth-order valence-corrected chi connectivity index (χ4v) is 2.29. The van der Waals surface area contributed by atoms with Crippen LogP contribution in [0, 0.1) is 11.6 Å². The molecule has 3 rings (SSSR count). The molecular weight excluding hydrogens is 288 g/mol. The highest BCUT2D eigenvalue weighted by atomic mass is 35.5. The van der Waals surface area contributed by atoms with Crippen LogP contribution in [-0.4, -0.2) is 14.7 Å². The molecule has 0 aliphatic rings. The highest BCUT2D eigenvalue weighted by Gasteiger charge is 2.20. The number of hydrogen-bond acceptors (Lipinski definition) is 3. The molecule has 0 spiro atoms. The minimum absolute atomic E-state index is 0.0792. The summed E-state index contributed by atoms with van der Waals surface area (Å²) in [7, 11) is 0. The van der Waals surface area contributed by atoms with E-state index in [1.807, 2.05) is 0 Å². The second kappa shape index (κ2) is 4.86. The third kappa shape index (κ3) is 2.06. The van der Waals surface area contributed by atoms with Gasteiger partial charge in [-0.05, 0) is 19.1 Å². The molecule has 0 bridgehead atoms. The van der Waals surface area contributed by atoms with Crippen molar-refractivity contribution >= 4 is 22.6 Å². The van der Waals surface area contributed by atoms with Crippen molar-refractivity contribution in [3.63, 3.8) is 0 Å². The summed E-state index contributed by atoms with van der Waals surface area (Å²) in [6.07, 6.45) is 1.41. The van der Waals surface area contributed by atoms with Crippen LogP contribution in [-0.2, 0) is 6.54 Å². The van der Waals surface area contributed by atoms with Crippen LogP contribution in [0.1, 0.15) is 23.8 Å². The molecule has 3 aromatic rings. The Morgan fingerprint density at radius 1 is 1.35 bits per heavy atom. The topological polar surface area (TPSA) is 43.9 Å². The molecule has 1 aromatic carbocycles. The molecule has 1 unspecified atom stereocenters. The van der Waals surface area contributed by atoms with Crippen LogP contribution >= 0.6 is 11.6 Å². The van der Waals surface area contributed by atoms with Gasteiger partial charge < -0.3 is 9.09 Å². The first-order valence-corrected chi connectivity index (χ1v) is 6.39. The zero-order valence-electron chi connectivity index (χ0n) is 10.5. The van der Waals surface area contributed by atoms with Crippen molar-refractivity contribution < 1.29 is 13.3 Å². The first-order valence-electron chi connectivity index (χ1n) is 5.95. The lowest BCUT2D eigenvalue weighted by molar-refractivity contribution is 0.409. The molecule has 2 aromatic heterocycles. The van der Waals surface area contributed by atoms with Crippen LogP contribution in [0.25, 0.3) is 11.0 Å². The minimum Gasteiger partial charge on any atom is -0.364 e. The maximum Gasteiger partial charge on any atom is 0.184 e. The van der Waals surface area contributed by atoms with E-state index in [2.05, 4.69) is 10.1 Å². The van der Waals surface area contributed by atoms with Crippen LogP contribution in [0.5, 0.6) is 0 Å². The van der Waals surface area contributed by atoms with Crippen LogP contribution < -0.4 is 0 Å². The second-order valence-electron chi connectivity index (χ2n) is 4.39. The molecule has 0 saturated carbocycles. The Bertz CT molecular complexity index is 753. The number of benzene rings is 1. The molecule has 0 radical (unpaired) electrons. The van der Waals surface area contributed by atoms with Crippen molar-refractivity contribution in [2.24, 2.45) is 0 Å². The standard InChI is InChI=1S/C13H10ClF2N3O/c1-7(14)13-17-10-3-2-9(15)11(16)12(10)19(13)6-8-4-5-20-18-8/h2-5,7H,6H2,1H3. The Balaban J connectivity index is 2.25. The van der Waals surface area contributed by atoms with E-state index in [-0.39, 0.29) is 12.1 Å². The van der Waals surface area contributed by atoms with Crippen molar-refractivity contribution in [2.45, 2.75) is 18.8 Å². The fraction of sp³-hybridized carbons (Fsp3) is 0.231. The van der Waals surface area contributed by atoms with Gasteiger partial charge in [-0.3, -0.25) is 0 Å². The smallest absolute Gasteiger partial charge is 0.184 e. The van der Waals surface area contributed by atoms with Gasteiger partial charge in [0.05, 0.1) is 17.4 Å². The first-order chi connectivity index (χ1) is 9.58. The summed E-state index contributed by atoms with van der Waals surface area (Å²) in [6, 6.07) is 4.12. The number of fused-ring (bicyclic) bond motifs is 1. The predicted molar refractivity (Wildman–Crippen MR) is 69.5 cm³/mol. The summed E-state index contributed by atoms with van der Waals surface area (Å²) in [5.74, 6) is -1.41. The van der Waals surface area contributed by atoms with E-state index < -0.39 is 17.0 Å². The van der Waals surface area contributed by atoms with E-state index in [1.54, 1.807) is 13.0 Å². The van der Waals surface area contributed by atoms with E-state index in [1.165, 1.54) is 16.9 Å². The first kappa shape index (κ1) is 13.1. The average molecular weight is 298 g/mol. The molecule has 0 fully saturated rings. The number of aromatic nitrogens is 3. The normalized spacial score (nSPS) is 13.0. The Morgan fingerprint density at radius 3 is 2.80 bits per heavy atom. The van der Waals surface area contributed by atoms with Crippen molar-refractivity contribution in [3.05, 3.63) is 47.6 Å². The largest absolute Gasteiger partial charge is 0.364 e. The summed E-state index contributed by atoms with van der Waals surface area (Å²) in [4.78, 5) is 4.26. The third-order valence-corrected chi connectivity index (χ3v) is 3.19. The lowest BCUT2D eigenvalue weighted by Crippen LogP contribution is -2.07. The minimum atomic E-state index is -0.943. The van der Waals surface area contributed by atoms with Gasteiger partial charge >= 0.3 is 0 Å². The number of alkyl halides is 1. The Morgan fingerprint density at radius 2 is 2.15 bits per heavy atom. The van der Waals surface area contributed by atoms with Crippen molar-refractivity contribution in [1.29, 1.82) is 0 Å². The maximum atomic E-state index is 14.0. The van der Waals surface area contributed by atoms with E-state index in [9.17, 15) is 8.78 Å². The van der Waals surface area contributed by atoms with Gasteiger partial charge in [0.15, 0.2) is 11.6 Å². The second-order valence-corrected chi connectivity index (χ2v) is 5.05. The van der Waals surface area contributed by atoms with Gasteiger partial charge in [0.1, 0.15) is 23.3 Å². The molecule has 0 amide bonds. The lowest BCUT2D eigenvalue weighted by atomic mass is 10.3. The van der Waals surface area contributed by atoms with E-state index in [4.69, 9.17) is 16.1 Å². The van der Waals surface area contributed by atoms with Crippen LogP contribution in [0.4, 0.5) is 8.78 Å². The SMILES string of the molecule is CC(Cl)c1nc2ccc(F)c(F)c2n1Cc1ccon1. The average Bonchev–Trinajstić information content (AvgIpc) is 3.02. The van der Waals surface area contributed by atoms with Crippen molar-refractivity contribution in [1.82, 2.24) is 14.7 Å². The number of hydrogen-bond donors (Lipinski definition) is 0. The van der Waals surface area contributed by atoms with Gasteiger partial charge in [0.2, 0.25) is 0 Å². The molecule has 0 saturated heterocycles. The Kier molecular flexibility index (Phi) is 3.17. The zero-order valence-corrected chi connectivity index (χ0v) is 11.2. The summed E-state index contributed by atoms with van der Waals surface area (Å²) >= 11 is 6.07. The van der Waals surface area contributed by atoms with Crippen LogP contribution in [0.2, 0.25) is 0 Å². The van der Waals surface area contributed by atoms with Gasteiger partial charge in [-0.2, -0.15) is 0 Å². The van der Waals surface area contributed by atoms with Crippen LogP contribution in [0.15, 0.2) is 29.0 Å². The molecule has 2 heterocycles. The van der Waals surface area contributed by atoms with Crippen molar-refractivity contribution in [3.8, 4) is 0 Å². The molecule has 7 heteroatoms. The molecule has 0 N–H and O–H groups in total. The highest BCUT2D eigenvalue weighted by molar-refractivity contribution is 6.20. The molecule has 1 atom stereocenters.